The summed E-state index contributed by atoms with van der Waals surface area (Å²) in [6.45, 7) is 2.71. The molecule has 0 unspecified atom stereocenters. The number of nitrogens with one attached hydrogen (secondary N) is 1. The summed E-state index contributed by atoms with van der Waals surface area (Å²) in [6.07, 6.45) is 1.78. The first kappa shape index (κ1) is 10.5. The van der Waals surface area contributed by atoms with Crippen molar-refractivity contribution in [2.75, 3.05) is 11.1 Å². The van der Waals surface area contributed by atoms with Crippen molar-refractivity contribution in [1.82, 2.24) is 4.98 Å². The van der Waals surface area contributed by atoms with Crippen molar-refractivity contribution in [2.24, 2.45) is 0 Å². The fourth-order valence-electron chi connectivity index (χ4n) is 1.42. The predicted octanol–water partition coefficient (Wildman–Crippen LogP) is 2.58. The fourth-order valence-corrected chi connectivity index (χ4v) is 1.42. The van der Waals surface area contributed by atoms with E-state index in [0.717, 1.165) is 23.6 Å². The Labute approximate surface area is 95.3 Å². The zero-order valence-corrected chi connectivity index (χ0v) is 9.27. The average Bonchev–Trinajstić information content (AvgIpc) is 2.32. The molecule has 0 amide bonds. The van der Waals surface area contributed by atoms with Crippen LogP contribution in [0.25, 0.3) is 0 Å². The highest BCUT2D eigenvalue weighted by Gasteiger charge is 1.98. The van der Waals surface area contributed by atoms with Crippen LogP contribution < -0.4 is 11.1 Å². The summed E-state index contributed by atoms with van der Waals surface area (Å²) >= 11 is 0. The number of hydrogen-bond acceptors (Lipinski definition) is 3. The van der Waals surface area contributed by atoms with Crippen LogP contribution in [0.15, 0.2) is 42.6 Å². The van der Waals surface area contributed by atoms with Crippen molar-refractivity contribution in [3.05, 3.63) is 53.7 Å². The number of nitrogens with zero attached hydrogens (tertiary/aromatic N) is 1. The lowest BCUT2D eigenvalue weighted by molar-refractivity contribution is 1.11. The first-order chi connectivity index (χ1) is 7.75. The molecule has 0 atom stereocenters. The van der Waals surface area contributed by atoms with E-state index in [1.165, 1.54) is 5.56 Å². The van der Waals surface area contributed by atoms with Gasteiger partial charge < -0.3 is 11.1 Å². The summed E-state index contributed by atoms with van der Waals surface area (Å²) in [5.74, 6) is 0.812. The predicted molar refractivity (Wildman–Crippen MR) is 67.2 cm³/mol. The minimum atomic E-state index is 0.760. The Morgan fingerprint density at radius 3 is 2.69 bits per heavy atom. The van der Waals surface area contributed by atoms with Gasteiger partial charge in [-0.1, -0.05) is 30.3 Å². The van der Waals surface area contributed by atoms with Gasteiger partial charge in [0.2, 0.25) is 0 Å². The van der Waals surface area contributed by atoms with Crippen molar-refractivity contribution in [3.63, 3.8) is 0 Å². The van der Waals surface area contributed by atoms with E-state index in [1.54, 1.807) is 6.20 Å². The SMILES string of the molecule is Cc1cnc(NCc2ccccc2)cc1N. The standard InChI is InChI=1S/C13H15N3/c1-10-8-15-13(7-12(10)14)16-9-11-5-3-2-4-6-11/h2-8H,9H2,1H3,(H3,14,15,16). The third-order valence-electron chi connectivity index (χ3n) is 2.46. The second-order valence-corrected chi connectivity index (χ2v) is 3.77. The third-order valence-corrected chi connectivity index (χ3v) is 2.46. The summed E-state index contributed by atoms with van der Waals surface area (Å²) in [5.41, 5.74) is 8.81. The quantitative estimate of drug-likeness (QED) is 0.824. The van der Waals surface area contributed by atoms with E-state index in [-0.39, 0.29) is 0 Å². The van der Waals surface area contributed by atoms with Gasteiger partial charge in [-0.05, 0) is 18.1 Å². The molecular weight excluding hydrogens is 198 g/mol. The lowest BCUT2D eigenvalue weighted by atomic mass is 10.2. The van der Waals surface area contributed by atoms with Crippen LogP contribution in [0.3, 0.4) is 0 Å². The van der Waals surface area contributed by atoms with Gasteiger partial charge in [0.05, 0.1) is 0 Å². The molecule has 0 aliphatic carbocycles. The maximum atomic E-state index is 5.81. The van der Waals surface area contributed by atoms with Gasteiger partial charge in [-0.3, -0.25) is 0 Å². The van der Waals surface area contributed by atoms with Crippen molar-refractivity contribution in [1.29, 1.82) is 0 Å². The van der Waals surface area contributed by atoms with Gasteiger partial charge >= 0.3 is 0 Å². The lowest BCUT2D eigenvalue weighted by Gasteiger charge is -2.07. The van der Waals surface area contributed by atoms with Gasteiger partial charge in [-0.15, -0.1) is 0 Å². The topological polar surface area (TPSA) is 50.9 Å². The molecule has 2 aromatic rings. The Morgan fingerprint density at radius 1 is 1.25 bits per heavy atom. The summed E-state index contributed by atoms with van der Waals surface area (Å²) in [6, 6.07) is 12.1. The molecule has 82 valence electrons. The zero-order valence-electron chi connectivity index (χ0n) is 9.27. The van der Waals surface area contributed by atoms with Crippen LogP contribution in [0.4, 0.5) is 11.5 Å². The van der Waals surface area contributed by atoms with Crippen LogP contribution in [0, 0.1) is 6.92 Å². The number of anilines is 2. The van der Waals surface area contributed by atoms with Gasteiger partial charge in [0.15, 0.2) is 0 Å². The number of hydrogen-bond donors (Lipinski definition) is 2. The van der Waals surface area contributed by atoms with E-state index < -0.39 is 0 Å². The Hall–Kier alpha value is -2.03. The minimum absolute atomic E-state index is 0.760. The van der Waals surface area contributed by atoms with Gasteiger partial charge in [0.1, 0.15) is 5.82 Å². The van der Waals surface area contributed by atoms with E-state index in [0.29, 0.717) is 0 Å². The molecule has 3 heteroatoms. The highest BCUT2D eigenvalue weighted by molar-refractivity contribution is 5.53. The Morgan fingerprint density at radius 2 is 2.00 bits per heavy atom. The number of rotatable bonds is 3. The Balaban J connectivity index is 2.03. The van der Waals surface area contributed by atoms with Gasteiger partial charge in [-0.25, -0.2) is 4.98 Å². The van der Waals surface area contributed by atoms with Crippen molar-refractivity contribution >= 4 is 11.5 Å². The van der Waals surface area contributed by atoms with E-state index in [9.17, 15) is 0 Å². The third kappa shape index (κ3) is 2.51. The molecule has 0 saturated carbocycles. The van der Waals surface area contributed by atoms with E-state index in [1.807, 2.05) is 31.2 Å². The normalized spacial score (nSPS) is 10.1. The molecule has 0 saturated heterocycles. The molecule has 0 fully saturated rings. The van der Waals surface area contributed by atoms with E-state index >= 15 is 0 Å². The maximum absolute atomic E-state index is 5.81. The molecule has 0 radical (unpaired) electrons. The molecule has 1 aromatic carbocycles. The van der Waals surface area contributed by atoms with Crippen molar-refractivity contribution < 1.29 is 0 Å². The fraction of sp³-hybridized carbons (Fsp3) is 0.154. The van der Waals surface area contributed by atoms with Gasteiger partial charge in [0, 0.05) is 24.5 Å². The molecule has 3 nitrogen and oxygen atoms in total. The van der Waals surface area contributed by atoms with Crippen LogP contribution in [0.1, 0.15) is 11.1 Å². The highest BCUT2D eigenvalue weighted by atomic mass is 15.0. The van der Waals surface area contributed by atoms with Crippen LogP contribution >= 0.6 is 0 Å². The molecule has 3 N–H and O–H groups in total. The first-order valence-corrected chi connectivity index (χ1v) is 5.25. The molecule has 0 spiro atoms. The molecule has 0 bridgehead atoms. The Bertz CT molecular complexity index is 466. The molecular formula is C13H15N3. The number of nitrogens with two attached hydrogens (primary N) is 1. The summed E-state index contributed by atoms with van der Waals surface area (Å²) in [4.78, 5) is 4.26. The number of benzene rings is 1. The van der Waals surface area contributed by atoms with Crippen molar-refractivity contribution in [3.8, 4) is 0 Å². The molecule has 0 aliphatic heterocycles. The van der Waals surface area contributed by atoms with Crippen LogP contribution in [0.5, 0.6) is 0 Å². The van der Waals surface area contributed by atoms with Crippen LogP contribution in [-0.2, 0) is 6.54 Å². The van der Waals surface area contributed by atoms with E-state index in [2.05, 4.69) is 22.4 Å². The molecule has 16 heavy (non-hydrogen) atoms. The highest BCUT2D eigenvalue weighted by Crippen LogP contribution is 2.14. The second-order valence-electron chi connectivity index (χ2n) is 3.77. The second kappa shape index (κ2) is 4.66. The minimum Gasteiger partial charge on any atom is -0.398 e. The zero-order chi connectivity index (χ0) is 11.4. The maximum Gasteiger partial charge on any atom is 0.128 e. The van der Waals surface area contributed by atoms with Crippen LogP contribution in [-0.4, -0.2) is 4.98 Å². The summed E-state index contributed by atoms with van der Waals surface area (Å²) < 4.78 is 0. The molecule has 0 aliphatic rings. The van der Waals surface area contributed by atoms with E-state index in [4.69, 9.17) is 5.73 Å². The molecule has 1 aromatic heterocycles. The average molecular weight is 213 g/mol. The van der Waals surface area contributed by atoms with Crippen LogP contribution in [0.2, 0.25) is 0 Å². The van der Waals surface area contributed by atoms with Crippen molar-refractivity contribution in [2.45, 2.75) is 13.5 Å². The molecule has 1 heterocycles. The lowest BCUT2D eigenvalue weighted by Crippen LogP contribution is -2.02. The van der Waals surface area contributed by atoms with Gasteiger partial charge in [-0.2, -0.15) is 0 Å². The number of aryl methyl sites for hydroxylation is 1. The largest absolute Gasteiger partial charge is 0.398 e. The number of pyridine rings is 1. The smallest absolute Gasteiger partial charge is 0.128 e. The first-order valence-electron chi connectivity index (χ1n) is 5.25. The summed E-state index contributed by atoms with van der Waals surface area (Å²) in [7, 11) is 0. The molecule has 2 rings (SSSR count). The number of aromatic nitrogens is 1. The Kier molecular flexibility index (Phi) is 3.05. The summed E-state index contributed by atoms with van der Waals surface area (Å²) in [5, 5.41) is 3.24. The monoisotopic (exact) mass is 213 g/mol. The van der Waals surface area contributed by atoms with Gasteiger partial charge in [0.25, 0.3) is 0 Å². The number of nitrogen functional groups attached to an aromatic ring is 1.